The van der Waals surface area contributed by atoms with Gasteiger partial charge in [0.25, 0.3) is 0 Å². The lowest BCUT2D eigenvalue weighted by Gasteiger charge is -2.32. The number of amides is 2. The third-order valence-electron chi connectivity index (χ3n) is 3.79. The maximum absolute atomic E-state index is 12.2. The highest BCUT2D eigenvalue weighted by molar-refractivity contribution is 5.74. The molecular weight excluding hydrogens is 256 g/mol. The van der Waals surface area contributed by atoms with Gasteiger partial charge in [-0.2, -0.15) is 0 Å². The van der Waals surface area contributed by atoms with Crippen molar-refractivity contribution in [1.29, 1.82) is 0 Å². The minimum Gasteiger partial charge on any atom is -0.493 e. The SMILES string of the molecule is CCN(C)C(=O)N1CCc2cc(OC)c(OC)cc2C1. The molecule has 0 saturated heterocycles. The highest BCUT2D eigenvalue weighted by Gasteiger charge is 2.24. The Morgan fingerprint density at radius 2 is 1.85 bits per heavy atom. The predicted molar refractivity (Wildman–Crippen MR) is 77.4 cm³/mol. The number of hydrogen-bond acceptors (Lipinski definition) is 3. The molecule has 2 amide bonds. The number of fused-ring (bicyclic) bond motifs is 1. The summed E-state index contributed by atoms with van der Waals surface area (Å²) in [4.78, 5) is 15.8. The van der Waals surface area contributed by atoms with Crippen molar-refractivity contribution in [2.24, 2.45) is 0 Å². The van der Waals surface area contributed by atoms with Crippen molar-refractivity contribution in [3.05, 3.63) is 23.3 Å². The zero-order chi connectivity index (χ0) is 14.7. The summed E-state index contributed by atoms with van der Waals surface area (Å²) in [7, 11) is 5.09. The van der Waals surface area contributed by atoms with Crippen LogP contribution in [0, 0.1) is 0 Å². The molecule has 5 heteroatoms. The highest BCUT2D eigenvalue weighted by Crippen LogP contribution is 2.33. The first-order valence-corrected chi connectivity index (χ1v) is 6.84. The zero-order valence-electron chi connectivity index (χ0n) is 12.6. The summed E-state index contributed by atoms with van der Waals surface area (Å²) in [6.45, 7) is 4.06. The fraction of sp³-hybridized carbons (Fsp3) is 0.533. The van der Waals surface area contributed by atoms with E-state index in [0.29, 0.717) is 18.8 Å². The van der Waals surface area contributed by atoms with Crippen LogP contribution in [0.25, 0.3) is 0 Å². The summed E-state index contributed by atoms with van der Waals surface area (Å²) in [5.41, 5.74) is 2.36. The molecule has 0 aromatic heterocycles. The smallest absolute Gasteiger partial charge is 0.320 e. The van der Waals surface area contributed by atoms with Crippen molar-refractivity contribution in [3.8, 4) is 11.5 Å². The number of methoxy groups -OCH3 is 2. The van der Waals surface area contributed by atoms with E-state index in [2.05, 4.69) is 0 Å². The van der Waals surface area contributed by atoms with Crippen molar-refractivity contribution >= 4 is 6.03 Å². The van der Waals surface area contributed by atoms with Crippen LogP contribution in [0.3, 0.4) is 0 Å². The normalized spacial score (nSPS) is 13.7. The zero-order valence-corrected chi connectivity index (χ0v) is 12.6. The summed E-state index contributed by atoms with van der Waals surface area (Å²) in [5, 5.41) is 0. The van der Waals surface area contributed by atoms with Crippen LogP contribution in [0.1, 0.15) is 18.1 Å². The Morgan fingerprint density at radius 1 is 1.25 bits per heavy atom. The Labute approximate surface area is 120 Å². The minimum atomic E-state index is 0.0768. The van der Waals surface area contributed by atoms with Gasteiger partial charge >= 0.3 is 6.03 Å². The Bertz CT molecular complexity index is 502. The van der Waals surface area contributed by atoms with Crippen LogP contribution in [0.15, 0.2) is 12.1 Å². The first-order valence-electron chi connectivity index (χ1n) is 6.84. The van der Waals surface area contributed by atoms with Crippen molar-refractivity contribution in [1.82, 2.24) is 9.80 Å². The fourth-order valence-corrected chi connectivity index (χ4v) is 2.42. The third-order valence-corrected chi connectivity index (χ3v) is 3.79. The molecule has 5 nitrogen and oxygen atoms in total. The lowest BCUT2D eigenvalue weighted by molar-refractivity contribution is 0.159. The number of benzene rings is 1. The third kappa shape index (κ3) is 2.66. The molecule has 2 rings (SSSR count). The van der Waals surface area contributed by atoms with Crippen LogP contribution in [0.5, 0.6) is 11.5 Å². The Hall–Kier alpha value is -1.91. The molecule has 0 radical (unpaired) electrons. The van der Waals surface area contributed by atoms with Crippen molar-refractivity contribution in [2.75, 3.05) is 34.4 Å². The van der Waals surface area contributed by atoms with Gasteiger partial charge in [-0.15, -0.1) is 0 Å². The second kappa shape index (κ2) is 6.03. The summed E-state index contributed by atoms with van der Waals surface area (Å²) in [6.07, 6.45) is 0.846. The molecule has 0 bridgehead atoms. The van der Waals surface area contributed by atoms with Gasteiger partial charge in [-0.3, -0.25) is 0 Å². The Kier molecular flexibility index (Phi) is 4.37. The molecule has 110 valence electrons. The molecule has 0 saturated carbocycles. The van der Waals surface area contributed by atoms with Gasteiger partial charge in [0.2, 0.25) is 0 Å². The first kappa shape index (κ1) is 14.5. The average Bonchev–Trinajstić information content (AvgIpc) is 2.51. The van der Waals surface area contributed by atoms with Crippen molar-refractivity contribution in [3.63, 3.8) is 0 Å². The molecule has 0 fully saturated rings. The molecule has 0 N–H and O–H groups in total. The molecule has 1 aromatic carbocycles. The monoisotopic (exact) mass is 278 g/mol. The predicted octanol–water partition coefficient (Wildman–Crippen LogP) is 2.13. The van der Waals surface area contributed by atoms with Gasteiger partial charge < -0.3 is 19.3 Å². The molecule has 0 spiro atoms. The van der Waals surface area contributed by atoms with Crippen LogP contribution in [0.4, 0.5) is 4.79 Å². The van der Waals surface area contributed by atoms with Gasteiger partial charge in [0, 0.05) is 26.7 Å². The van der Waals surface area contributed by atoms with Crippen LogP contribution >= 0.6 is 0 Å². The Balaban J connectivity index is 2.23. The van der Waals surface area contributed by atoms with E-state index in [1.165, 1.54) is 5.56 Å². The summed E-state index contributed by atoms with van der Waals surface area (Å²) in [5.74, 6) is 1.46. The number of carbonyl (C=O) groups excluding carboxylic acids is 1. The molecule has 20 heavy (non-hydrogen) atoms. The molecule has 1 aromatic rings. The largest absolute Gasteiger partial charge is 0.493 e. The van der Waals surface area contributed by atoms with Gasteiger partial charge in [-0.25, -0.2) is 4.79 Å². The van der Waals surface area contributed by atoms with Crippen molar-refractivity contribution < 1.29 is 14.3 Å². The summed E-state index contributed by atoms with van der Waals surface area (Å²) in [6, 6.07) is 4.06. The van der Waals surface area contributed by atoms with E-state index in [1.54, 1.807) is 19.1 Å². The minimum absolute atomic E-state index is 0.0768. The van der Waals surface area contributed by atoms with Crippen LogP contribution < -0.4 is 9.47 Å². The molecule has 1 aliphatic rings. The number of nitrogens with zero attached hydrogens (tertiary/aromatic N) is 2. The van der Waals surface area contributed by atoms with Crippen LogP contribution in [0.2, 0.25) is 0 Å². The van der Waals surface area contributed by atoms with E-state index < -0.39 is 0 Å². The first-order chi connectivity index (χ1) is 9.60. The van der Waals surface area contributed by atoms with E-state index in [1.807, 2.05) is 31.0 Å². The number of carbonyl (C=O) groups is 1. The van der Waals surface area contributed by atoms with Gasteiger partial charge in [0.15, 0.2) is 11.5 Å². The number of ether oxygens (including phenoxy) is 2. The van der Waals surface area contributed by atoms with Gasteiger partial charge in [0.05, 0.1) is 14.2 Å². The highest BCUT2D eigenvalue weighted by atomic mass is 16.5. The number of rotatable bonds is 3. The van der Waals surface area contributed by atoms with E-state index in [0.717, 1.165) is 24.3 Å². The van der Waals surface area contributed by atoms with E-state index in [-0.39, 0.29) is 6.03 Å². The quantitative estimate of drug-likeness (QED) is 0.850. The molecule has 0 unspecified atom stereocenters. The summed E-state index contributed by atoms with van der Waals surface area (Å²) >= 11 is 0. The number of urea groups is 1. The van der Waals surface area contributed by atoms with E-state index >= 15 is 0 Å². The van der Waals surface area contributed by atoms with Crippen molar-refractivity contribution in [2.45, 2.75) is 19.9 Å². The average molecular weight is 278 g/mol. The molecule has 1 aliphatic heterocycles. The number of hydrogen-bond donors (Lipinski definition) is 0. The molecule has 0 atom stereocenters. The second-order valence-electron chi connectivity index (χ2n) is 4.94. The molecule has 0 aliphatic carbocycles. The lowest BCUT2D eigenvalue weighted by atomic mass is 9.99. The van der Waals surface area contributed by atoms with Gasteiger partial charge in [-0.1, -0.05) is 0 Å². The van der Waals surface area contributed by atoms with E-state index in [9.17, 15) is 4.79 Å². The maximum Gasteiger partial charge on any atom is 0.320 e. The van der Waals surface area contributed by atoms with Crippen LogP contribution in [-0.2, 0) is 13.0 Å². The second-order valence-corrected chi connectivity index (χ2v) is 4.94. The maximum atomic E-state index is 12.2. The van der Waals surface area contributed by atoms with Gasteiger partial charge in [-0.05, 0) is 36.6 Å². The fourth-order valence-electron chi connectivity index (χ4n) is 2.42. The van der Waals surface area contributed by atoms with E-state index in [4.69, 9.17) is 9.47 Å². The molecule has 1 heterocycles. The van der Waals surface area contributed by atoms with Crippen LogP contribution in [-0.4, -0.2) is 50.2 Å². The summed E-state index contributed by atoms with van der Waals surface area (Å²) < 4.78 is 10.6. The Morgan fingerprint density at radius 3 is 2.40 bits per heavy atom. The lowest BCUT2D eigenvalue weighted by Crippen LogP contribution is -2.43. The van der Waals surface area contributed by atoms with Gasteiger partial charge in [0.1, 0.15) is 0 Å². The topological polar surface area (TPSA) is 42.0 Å². The molecular formula is C15H22N2O3. The standard InChI is InChI=1S/C15H22N2O3/c1-5-16(2)15(18)17-7-6-11-8-13(19-3)14(20-4)9-12(11)10-17/h8-9H,5-7,10H2,1-4H3.